The Hall–Kier alpha value is -3.45. The van der Waals surface area contributed by atoms with Crippen LogP contribution in [-0.4, -0.2) is 40.1 Å². The van der Waals surface area contributed by atoms with Crippen LogP contribution in [0.2, 0.25) is 0 Å². The lowest BCUT2D eigenvalue weighted by Gasteiger charge is -2.32. The molecule has 0 spiro atoms. The zero-order valence-electron chi connectivity index (χ0n) is 20.6. The van der Waals surface area contributed by atoms with E-state index in [1.807, 2.05) is 62.0 Å². The van der Waals surface area contributed by atoms with Gasteiger partial charge < -0.3 is 14.2 Å². The molecule has 4 aromatic rings. The molecule has 2 aromatic carbocycles. The fraction of sp³-hybridized carbons (Fsp3) is 0.286. The molecular formula is C28H28FN3O2S. The van der Waals surface area contributed by atoms with Crippen LogP contribution in [0.3, 0.4) is 0 Å². The minimum Gasteiger partial charge on any atom is -0.496 e. The third kappa shape index (κ3) is 4.04. The highest BCUT2D eigenvalue weighted by atomic mass is 32.1. The molecule has 1 aliphatic heterocycles. The van der Waals surface area contributed by atoms with Gasteiger partial charge in [-0.2, -0.15) is 0 Å². The van der Waals surface area contributed by atoms with E-state index in [2.05, 4.69) is 6.07 Å². The second kappa shape index (κ2) is 8.64. The number of ether oxygens (including phenoxy) is 1. The number of halogens is 1. The van der Waals surface area contributed by atoms with Crippen molar-refractivity contribution in [3.05, 3.63) is 71.1 Å². The maximum atomic E-state index is 14.1. The van der Waals surface area contributed by atoms with Gasteiger partial charge in [-0.05, 0) is 74.0 Å². The van der Waals surface area contributed by atoms with Gasteiger partial charge >= 0.3 is 0 Å². The summed E-state index contributed by atoms with van der Waals surface area (Å²) in [5.41, 5.74) is 5.03. The van der Waals surface area contributed by atoms with Crippen molar-refractivity contribution in [2.75, 3.05) is 14.2 Å². The first-order valence-corrected chi connectivity index (χ1v) is 12.5. The number of carbonyl (C=O) groups excluding carboxylic acids is 1. The summed E-state index contributed by atoms with van der Waals surface area (Å²) in [5.74, 6) is 0.729. The van der Waals surface area contributed by atoms with E-state index in [1.54, 1.807) is 29.4 Å². The molecule has 3 heterocycles. The molecule has 5 rings (SSSR count). The number of aryl methyl sites for hydroxylation is 1. The maximum Gasteiger partial charge on any atom is 0.290 e. The third-order valence-corrected chi connectivity index (χ3v) is 7.52. The molecule has 0 saturated carbocycles. The molecule has 0 atom stereocenters. The summed E-state index contributed by atoms with van der Waals surface area (Å²) in [6, 6.07) is 14.6. The van der Waals surface area contributed by atoms with Crippen LogP contribution in [-0.2, 0) is 13.0 Å². The molecule has 0 fully saturated rings. The van der Waals surface area contributed by atoms with E-state index in [0.717, 1.165) is 44.9 Å². The van der Waals surface area contributed by atoms with Gasteiger partial charge in [-0.1, -0.05) is 18.2 Å². The van der Waals surface area contributed by atoms with Gasteiger partial charge in [0.2, 0.25) is 0 Å². The number of carbonyl (C=O) groups is 1. The lowest BCUT2D eigenvalue weighted by Crippen LogP contribution is -2.43. The highest BCUT2D eigenvalue weighted by Crippen LogP contribution is 2.44. The SMILES string of the molecule is COc1cc2c(cc1-c1cccc(F)c1)-c1c(-c3cccs3)nc(C(=O)N(C)C(C)(C)C)n1CC2. The number of rotatable bonds is 4. The topological polar surface area (TPSA) is 47.4 Å². The summed E-state index contributed by atoms with van der Waals surface area (Å²) < 4.78 is 21.8. The van der Waals surface area contributed by atoms with E-state index in [-0.39, 0.29) is 17.3 Å². The van der Waals surface area contributed by atoms with Gasteiger partial charge in [0.1, 0.15) is 17.3 Å². The molecule has 0 unspecified atom stereocenters. The first-order valence-electron chi connectivity index (χ1n) is 11.6. The van der Waals surface area contributed by atoms with Crippen LogP contribution in [0.5, 0.6) is 5.75 Å². The van der Waals surface area contributed by atoms with E-state index in [0.29, 0.717) is 18.1 Å². The van der Waals surface area contributed by atoms with Crippen molar-refractivity contribution in [2.45, 2.75) is 39.3 Å². The normalized spacial score (nSPS) is 12.7. The van der Waals surface area contributed by atoms with E-state index < -0.39 is 0 Å². The standard InChI is InChI=1S/C28H28FN3O2S/c1-28(2,3)31(4)27(33)26-30-24(23-10-7-13-35-23)25-21-16-20(17-8-6-9-19(29)14-17)22(34-5)15-18(21)11-12-32(25)26/h6-10,13-16H,11-12H2,1-5H3. The predicted molar refractivity (Wildman–Crippen MR) is 138 cm³/mol. The number of fused-ring (bicyclic) bond motifs is 3. The Morgan fingerprint density at radius 3 is 2.60 bits per heavy atom. The largest absolute Gasteiger partial charge is 0.496 e. The van der Waals surface area contributed by atoms with Gasteiger partial charge in [0, 0.05) is 30.3 Å². The molecule has 0 bridgehead atoms. The maximum absolute atomic E-state index is 14.1. The minimum absolute atomic E-state index is 0.108. The smallest absolute Gasteiger partial charge is 0.290 e. The van der Waals surface area contributed by atoms with E-state index in [4.69, 9.17) is 9.72 Å². The summed E-state index contributed by atoms with van der Waals surface area (Å²) >= 11 is 1.60. The summed E-state index contributed by atoms with van der Waals surface area (Å²) in [4.78, 5) is 21.2. The van der Waals surface area contributed by atoms with E-state index >= 15 is 0 Å². The number of nitrogens with zero attached hydrogens (tertiary/aromatic N) is 3. The minimum atomic E-state index is -0.336. The number of amides is 1. The molecule has 180 valence electrons. The van der Waals surface area contributed by atoms with Crippen LogP contribution in [0.25, 0.3) is 33.0 Å². The first kappa shape index (κ1) is 23.3. The fourth-order valence-corrected chi connectivity index (χ4v) is 5.19. The summed E-state index contributed by atoms with van der Waals surface area (Å²) in [6.45, 7) is 6.68. The van der Waals surface area contributed by atoms with Crippen molar-refractivity contribution in [3.63, 3.8) is 0 Å². The molecular weight excluding hydrogens is 461 g/mol. The Balaban J connectivity index is 1.75. The molecule has 0 aliphatic carbocycles. The first-order chi connectivity index (χ1) is 16.7. The summed E-state index contributed by atoms with van der Waals surface area (Å²) in [7, 11) is 3.45. The van der Waals surface area contributed by atoms with Crippen molar-refractivity contribution in [3.8, 4) is 38.7 Å². The van der Waals surface area contributed by atoms with Gasteiger partial charge in [-0.3, -0.25) is 4.79 Å². The molecule has 0 N–H and O–H groups in total. The van der Waals surface area contributed by atoms with Gasteiger partial charge in [0.25, 0.3) is 5.91 Å². The molecule has 0 radical (unpaired) electrons. The van der Waals surface area contributed by atoms with E-state index in [1.165, 1.54) is 12.1 Å². The average Bonchev–Trinajstić information content (AvgIpc) is 3.49. The highest BCUT2D eigenvalue weighted by molar-refractivity contribution is 7.13. The average molecular weight is 490 g/mol. The van der Waals surface area contributed by atoms with Crippen molar-refractivity contribution >= 4 is 17.2 Å². The molecule has 1 aliphatic rings. The van der Waals surface area contributed by atoms with Crippen LogP contribution in [0, 0.1) is 5.82 Å². The number of imidazole rings is 1. The Kier molecular flexibility index (Phi) is 5.75. The number of methoxy groups -OCH3 is 1. The lowest BCUT2D eigenvalue weighted by molar-refractivity contribution is 0.0638. The molecule has 7 heteroatoms. The van der Waals surface area contributed by atoms with Crippen molar-refractivity contribution in [1.82, 2.24) is 14.5 Å². The monoisotopic (exact) mass is 489 g/mol. The number of aromatic nitrogens is 2. The van der Waals surface area contributed by atoms with Gasteiger partial charge in [0.15, 0.2) is 5.82 Å². The second-order valence-corrected chi connectivity index (χ2v) is 10.7. The fourth-order valence-electron chi connectivity index (χ4n) is 4.48. The van der Waals surface area contributed by atoms with Crippen LogP contribution in [0.4, 0.5) is 4.39 Å². The Bertz CT molecular complexity index is 1420. The zero-order valence-corrected chi connectivity index (χ0v) is 21.4. The van der Waals surface area contributed by atoms with Crippen molar-refractivity contribution < 1.29 is 13.9 Å². The molecule has 5 nitrogen and oxygen atoms in total. The Morgan fingerprint density at radius 2 is 1.94 bits per heavy atom. The number of hydrogen-bond donors (Lipinski definition) is 0. The number of thiophene rings is 1. The number of benzene rings is 2. The summed E-state index contributed by atoms with van der Waals surface area (Å²) in [5, 5.41) is 2.01. The van der Waals surface area contributed by atoms with Gasteiger partial charge in [-0.25, -0.2) is 9.37 Å². The van der Waals surface area contributed by atoms with Crippen LogP contribution in [0.15, 0.2) is 53.9 Å². The van der Waals surface area contributed by atoms with E-state index in [9.17, 15) is 9.18 Å². The van der Waals surface area contributed by atoms with Crippen LogP contribution >= 0.6 is 11.3 Å². The quantitative estimate of drug-likeness (QED) is 0.328. The van der Waals surface area contributed by atoms with Gasteiger partial charge in [-0.15, -0.1) is 11.3 Å². The predicted octanol–water partition coefficient (Wildman–Crippen LogP) is 6.52. The third-order valence-electron chi connectivity index (χ3n) is 6.65. The van der Waals surface area contributed by atoms with Crippen LogP contribution in [0.1, 0.15) is 37.0 Å². The van der Waals surface area contributed by atoms with Crippen LogP contribution < -0.4 is 4.74 Å². The molecule has 0 saturated heterocycles. The Morgan fingerprint density at radius 1 is 1.14 bits per heavy atom. The second-order valence-electron chi connectivity index (χ2n) is 9.77. The molecule has 2 aromatic heterocycles. The molecule has 35 heavy (non-hydrogen) atoms. The highest BCUT2D eigenvalue weighted by Gasteiger charge is 2.33. The molecule has 1 amide bonds. The van der Waals surface area contributed by atoms with Crippen molar-refractivity contribution in [1.29, 1.82) is 0 Å². The Labute approximate surface area is 208 Å². The zero-order chi connectivity index (χ0) is 24.9. The summed E-state index contributed by atoms with van der Waals surface area (Å²) in [6.07, 6.45) is 0.738. The number of hydrogen-bond acceptors (Lipinski definition) is 4. The van der Waals surface area contributed by atoms with Crippen molar-refractivity contribution in [2.24, 2.45) is 0 Å². The van der Waals surface area contributed by atoms with Gasteiger partial charge in [0.05, 0.1) is 17.7 Å². The lowest BCUT2D eigenvalue weighted by atomic mass is 9.91.